The molecule has 0 saturated heterocycles. The third-order valence-electron chi connectivity index (χ3n) is 5.64. The minimum Gasteiger partial charge on any atom is -0.379 e. The van der Waals surface area contributed by atoms with Gasteiger partial charge in [0.05, 0.1) is 15.9 Å². The molecule has 1 fully saturated rings. The lowest BCUT2D eigenvalue weighted by molar-refractivity contribution is 0.623. The van der Waals surface area contributed by atoms with Crippen LogP contribution >= 0.6 is 34.3 Å². The van der Waals surface area contributed by atoms with Crippen molar-refractivity contribution >= 4 is 50.2 Å². The number of rotatable bonds is 5. The Morgan fingerprint density at radius 1 is 1.14 bits per heavy atom. The number of hydrogen-bond donors (Lipinski definition) is 2. The topological polar surface area (TPSA) is 50.9 Å². The molecule has 2 atom stereocenters. The maximum absolute atomic E-state index is 6.52. The van der Waals surface area contributed by atoms with Crippen LogP contribution < -0.4 is 11.1 Å². The number of benzene rings is 1. The van der Waals surface area contributed by atoms with Gasteiger partial charge < -0.3 is 11.1 Å². The minimum atomic E-state index is 0.212. The number of aromatic nitrogens is 1. The molecule has 0 bridgehead atoms. The predicted molar refractivity (Wildman–Crippen MR) is 126 cm³/mol. The van der Waals surface area contributed by atoms with Crippen molar-refractivity contribution in [3.63, 3.8) is 0 Å². The number of anilines is 1. The van der Waals surface area contributed by atoms with Crippen LogP contribution in [0.4, 0.5) is 5.69 Å². The highest BCUT2D eigenvalue weighted by Crippen LogP contribution is 2.48. The first-order valence-corrected chi connectivity index (χ1v) is 12.0. The molecule has 0 amide bonds. The van der Waals surface area contributed by atoms with Gasteiger partial charge in [0.1, 0.15) is 5.15 Å². The normalized spacial score (nSPS) is 19.1. The van der Waals surface area contributed by atoms with Crippen molar-refractivity contribution in [1.82, 2.24) is 4.98 Å². The van der Waals surface area contributed by atoms with Gasteiger partial charge in [-0.1, -0.05) is 54.4 Å². The van der Waals surface area contributed by atoms with Crippen molar-refractivity contribution in [3.05, 3.63) is 68.8 Å². The molecule has 6 heteroatoms. The lowest BCUT2D eigenvalue weighted by atomic mass is 9.94. The highest BCUT2D eigenvalue weighted by molar-refractivity contribution is 7.20. The van der Waals surface area contributed by atoms with Gasteiger partial charge in [-0.15, -0.1) is 22.7 Å². The van der Waals surface area contributed by atoms with Crippen LogP contribution in [0.5, 0.6) is 0 Å². The zero-order valence-corrected chi connectivity index (χ0v) is 18.3. The van der Waals surface area contributed by atoms with Crippen LogP contribution in [0.25, 0.3) is 21.3 Å². The fraction of sp³-hybridized carbons (Fsp3) is 0.261. The molecule has 1 aliphatic carbocycles. The zero-order valence-electron chi connectivity index (χ0n) is 15.9. The summed E-state index contributed by atoms with van der Waals surface area (Å²) >= 11 is 10.1. The molecule has 3 nitrogen and oxygen atoms in total. The second-order valence-corrected chi connectivity index (χ2v) is 9.98. The van der Waals surface area contributed by atoms with E-state index in [2.05, 4.69) is 47.1 Å². The molecule has 5 rings (SSSR count). The summed E-state index contributed by atoms with van der Waals surface area (Å²) in [7, 11) is 0. The quantitative estimate of drug-likeness (QED) is 0.333. The summed E-state index contributed by atoms with van der Waals surface area (Å²) < 4.78 is 1.17. The molecule has 3 heterocycles. The smallest absolute Gasteiger partial charge is 0.131 e. The van der Waals surface area contributed by atoms with E-state index in [-0.39, 0.29) is 6.04 Å². The van der Waals surface area contributed by atoms with Crippen molar-refractivity contribution in [2.24, 2.45) is 5.73 Å². The Kier molecular flexibility index (Phi) is 5.31. The predicted octanol–water partition coefficient (Wildman–Crippen LogP) is 6.89. The lowest BCUT2D eigenvalue weighted by Crippen LogP contribution is -2.22. The van der Waals surface area contributed by atoms with Crippen LogP contribution in [0.1, 0.15) is 34.9 Å². The lowest BCUT2D eigenvalue weighted by Gasteiger charge is -2.16. The number of fused-ring (bicyclic) bond motifs is 1. The van der Waals surface area contributed by atoms with Crippen molar-refractivity contribution in [2.75, 3.05) is 5.32 Å². The Morgan fingerprint density at radius 2 is 2.00 bits per heavy atom. The van der Waals surface area contributed by atoms with Gasteiger partial charge in [-0.2, -0.15) is 0 Å². The van der Waals surface area contributed by atoms with E-state index in [4.69, 9.17) is 22.3 Å². The molecule has 0 unspecified atom stereocenters. The highest BCUT2D eigenvalue weighted by atomic mass is 35.5. The van der Waals surface area contributed by atoms with Gasteiger partial charge in [-0.25, -0.2) is 4.98 Å². The first-order chi connectivity index (χ1) is 14.2. The molecule has 1 aromatic carbocycles. The monoisotopic (exact) mass is 439 g/mol. The van der Waals surface area contributed by atoms with E-state index in [1.54, 1.807) is 11.3 Å². The Hall–Kier alpha value is -1.92. The van der Waals surface area contributed by atoms with E-state index >= 15 is 0 Å². The number of halogens is 1. The first kappa shape index (κ1) is 19.1. The number of thiophene rings is 2. The second kappa shape index (κ2) is 8.07. The molecule has 0 spiro atoms. The molecular weight excluding hydrogens is 418 g/mol. The molecule has 3 N–H and O–H groups in total. The average molecular weight is 440 g/mol. The van der Waals surface area contributed by atoms with Crippen molar-refractivity contribution in [1.29, 1.82) is 0 Å². The first-order valence-electron chi connectivity index (χ1n) is 9.91. The molecule has 0 aliphatic heterocycles. The van der Waals surface area contributed by atoms with Gasteiger partial charge in [-0.3, -0.25) is 0 Å². The van der Waals surface area contributed by atoms with Gasteiger partial charge in [0.25, 0.3) is 0 Å². The van der Waals surface area contributed by atoms with E-state index in [1.165, 1.54) is 32.0 Å². The summed E-state index contributed by atoms with van der Waals surface area (Å²) in [6.07, 6.45) is 3.41. The standard InChI is InChI=1S/C23H22ClN3S2/c24-19-12-18(26-13-15-8-5-11-28-15)23-21(27-19)20(14-6-2-1-3-7-14)22(29-23)16-9-4-10-17(16)25/h1-3,5-8,11-12,16-17H,4,9-10,13,25H2,(H,26,27)/t16-,17-/m0/s1. The minimum absolute atomic E-state index is 0.212. The van der Waals surface area contributed by atoms with E-state index in [9.17, 15) is 0 Å². The van der Waals surface area contributed by atoms with Crippen LogP contribution in [0, 0.1) is 0 Å². The van der Waals surface area contributed by atoms with Crippen molar-refractivity contribution in [2.45, 2.75) is 37.8 Å². The molecule has 0 radical (unpaired) electrons. The molecule has 1 saturated carbocycles. The van der Waals surface area contributed by atoms with Gasteiger partial charge in [-0.05, 0) is 29.9 Å². The molecule has 148 valence electrons. The summed E-state index contributed by atoms with van der Waals surface area (Å²) in [6, 6.07) is 16.9. The molecule has 3 aromatic heterocycles. The molecular formula is C23H22ClN3S2. The fourth-order valence-electron chi connectivity index (χ4n) is 4.24. The van der Waals surface area contributed by atoms with Crippen LogP contribution in [0.15, 0.2) is 53.9 Å². The third-order valence-corrected chi connectivity index (χ3v) is 8.05. The van der Waals surface area contributed by atoms with E-state index in [0.29, 0.717) is 11.1 Å². The summed E-state index contributed by atoms with van der Waals surface area (Å²) in [5.41, 5.74) is 10.9. The Bertz CT molecular complexity index is 1120. The second-order valence-electron chi connectivity index (χ2n) is 7.51. The summed E-state index contributed by atoms with van der Waals surface area (Å²) in [6.45, 7) is 0.782. The molecule has 29 heavy (non-hydrogen) atoms. The summed E-state index contributed by atoms with van der Waals surface area (Å²) in [5.74, 6) is 0.383. The van der Waals surface area contributed by atoms with Crippen LogP contribution in [-0.4, -0.2) is 11.0 Å². The average Bonchev–Trinajstić information content (AvgIpc) is 3.46. The van der Waals surface area contributed by atoms with Gasteiger partial charge in [0.2, 0.25) is 0 Å². The maximum Gasteiger partial charge on any atom is 0.131 e. The van der Waals surface area contributed by atoms with Crippen LogP contribution in [-0.2, 0) is 6.54 Å². The number of pyridine rings is 1. The Labute approximate surface area is 183 Å². The molecule has 1 aliphatic rings. The van der Waals surface area contributed by atoms with E-state index in [0.717, 1.165) is 30.6 Å². The van der Waals surface area contributed by atoms with Crippen LogP contribution in [0.3, 0.4) is 0 Å². The SMILES string of the molecule is N[C@H]1CCC[C@@H]1c1sc2c(NCc3cccs3)cc(Cl)nc2c1-c1ccccc1. The third kappa shape index (κ3) is 3.68. The summed E-state index contributed by atoms with van der Waals surface area (Å²) in [4.78, 5) is 7.42. The van der Waals surface area contributed by atoms with Crippen molar-refractivity contribution < 1.29 is 0 Å². The number of hydrogen-bond acceptors (Lipinski definition) is 5. The van der Waals surface area contributed by atoms with E-state index < -0.39 is 0 Å². The van der Waals surface area contributed by atoms with Gasteiger partial charge in [0, 0.05) is 39.9 Å². The van der Waals surface area contributed by atoms with Crippen molar-refractivity contribution in [3.8, 4) is 11.1 Å². The summed E-state index contributed by atoms with van der Waals surface area (Å²) in [5, 5.41) is 6.21. The number of nitrogens with one attached hydrogen (secondary N) is 1. The number of nitrogens with zero attached hydrogens (tertiary/aromatic N) is 1. The Balaban J connectivity index is 1.67. The maximum atomic E-state index is 6.52. The number of nitrogens with two attached hydrogens (primary N) is 1. The van der Waals surface area contributed by atoms with Gasteiger partial charge >= 0.3 is 0 Å². The highest BCUT2D eigenvalue weighted by Gasteiger charge is 2.31. The Morgan fingerprint density at radius 3 is 2.72 bits per heavy atom. The zero-order chi connectivity index (χ0) is 19.8. The largest absolute Gasteiger partial charge is 0.379 e. The van der Waals surface area contributed by atoms with Gasteiger partial charge in [0.15, 0.2) is 0 Å². The van der Waals surface area contributed by atoms with E-state index in [1.807, 2.05) is 23.5 Å². The van der Waals surface area contributed by atoms with Crippen LogP contribution in [0.2, 0.25) is 5.15 Å². The molecule has 4 aromatic rings. The fourth-order valence-corrected chi connectivity index (χ4v) is 6.54.